The molecule has 1 unspecified atom stereocenters. The molecule has 0 saturated carbocycles. The van der Waals surface area contributed by atoms with Crippen LogP contribution >= 0.6 is 0 Å². The number of aliphatic hydroxyl groups is 2. The fourth-order valence-corrected chi connectivity index (χ4v) is 1.15. The zero-order valence-corrected chi connectivity index (χ0v) is 13.7. The van der Waals surface area contributed by atoms with Crippen LogP contribution in [0.15, 0.2) is 0 Å². The van der Waals surface area contributed by atoms with Crippen LogP contribution in [-0.2, 0) is 0 Å². The molecule has 1 atom stereocenters. The van der Waals surface area contributed by atoms with E-state index in [1.807, 2.05) is 0 Å². The summed E-state index contributed by atoms with van der Waals surface area (Å²) in [4.78, 5) is 0. The lowest BCUT2D eigenvalue weighted by Gasteiger charge is -2.36. The molecule has 0 aromatic heterocycles. The fraction of sp³-hybridized carbons (Fsp3) is 1.00. The summed E-state index contributed by atoms with van der Waals surface area (Å²) in [5, 5.41) is 17.7. The summed E-state index contributed by atoms with van der Waals surface area (Å²) in [5.74, 6) is 0.560. The third-order valence-corrected chi connectivity index (χ3v) is 4.23. The first-order valence-electron chi connectivity index (χ1n) is 7.37. The molecule has 0 bridgehead atoms. The van der Waals surface area contributed by atoms with Gasteiger partial charge < -0.3 is 10.2 Å². The van der Waals surface area contributed by atoms with Crippen molar-refractivity contribution in [2.24, 2.45) is 16.7 Å². The zero-order valence-electron chi connectivity index (χ0n) is 13.7. The summed E-state index contributed by atoms with van der Waals surface area (Å²) < 4.78 is 0. The van der Waals surface area contributed by atoms with Gasteiger partial charge in [-0.2, -0.15) is 0 Å². The predicted octanol–water partition coefficient (Wildman–Crippen LogP) is 4.25. The van der Waals surface area contributed by atoms with Crippen LogP contribution in [0.2, 0.25) is 0 Å². The molecule has 0 saturated heterocycles. The van der Waals surface area contributed by atoms with Gasteiger partial charge in [-0.3, -0.25) is 0 Å². The van der Waals surface area contributed by atoms with Crippen LogP contribution in [0.25, 0.3) is 0 Å². The monoisotopic (exact) mass is 260 g/mol. The van der Waals surface area contributed by atoms with Gasteiger partial charge in [-0.15, -0.1) is 0 Å². The van der Waals surface area contributed by atoms with Gasteiger partial charge in [-0.25, -0.2) is 0 Å². The third kappa shape index (κ3) is 8.93. The summed E-state index contributed by atoms with van der Waals surface area (Å²) in [6.07, 6.45) is 4.83. The number of rotatable bonds is 6. The van der Waals surface area contributed by atoms with Crippen LogP contribution in [0.1, 0.15) is 74.1 Å². The Kier molecular flexibility index (Phi) is 11.0. The second-order valence-electron chi connectivity index (χ2n) is 6.89. The van der Waals surface area contributed by atoms with Gasteiger partial charge in [0.1, 0.15) is 0 Å². The minimum absolute atomic E-state index is 0.0347. The van der Waals surface area contributed by atoms with Crippen LogP contribution < -0.4 is 0 Å². The lowest BCUT2D eigenvalue weighted by atomic mass is 9.70. The Hall–Kier alpha value is -0.0800. The van der Waals surface area contributed by atoms with Gasteiger partial charge in [-0.05, 0) is 23.2 Å². The van der Waals surface area contributed by atoms with Crippen LogP contribution in [0.5, 0.6) is 0 Å². The molecule has 18 heavy (non-hydrogen) atoms. The van der Waals surface area contributed by atoms with E-state index >= 15 is 0 Å². The first-order valence-corrected chi connectivity index (χ1v) is 7.37. The van der Waals surface area contributed by atoms with Gasteiger partial charge in [0.05, 0.1) is 0 Å². The molecular weight excluding hydrogens is 224 g/mol. The number of unbranched alkanes of at least 4 members (excludes halogenated alkanes) is 1. The maximum atomic E-state index is 8.93. The average Bonchev–Trinajstić information content (AvgIpc) is 2.30. The van der Waals surface area contributed by atoms with Crippen molar-refractivity contribution in [3.8, 4) is 0 Å². The first-order chi connectivity index (χ1) is 8.16. The molecular formula is C16H36O2. The normalized spacial score (nSPS) is 13.8. The summed E-state index contributed by atoms with van der Waals surface area (Å²) in [6, 6.07) is 0. The van der Waals surface area contributed by atoms with E-state index in [9.17, 15) is 0 Å². The second kappa shape index (κ2) is 9.80. The van der Waals surface area contributed by atoms with Crippen molar-refractivity contribution in [3.63, 3.8) is 0 Å². The van der Waals surface area contributed by atoms with Crippen LogP contribution in [0.4, 0.5) is 0 Å². The van der Waals surface area contributed by atoms with Gasteiger partial charge in [0, 0.05) is 13.2 Å². The standard InChI is InChI=1S/2C8H18O/c1-7(2,3)8(4,5)6-9;1-3-5-6-8(4-2)7-9/h9H,6H2,1-5H3;8-9H,3-7H2,1-2H3. The molecule has 0 fully saturated rings. The van der Waals surface area contributed by atoms with Crippen LogP contribution in [0.3, 0.4) is 0 Å². The highest BCUT2D eigenvalue weighted by Gasteiger charge is 2.31. The molecule has 0 aromatic carbocycles. The molecule has 0 aliphatic heterocycles. The zero-order chi connectivity index (χ0) is 14.8. The molecule has 2 N–H and O–H groups in total. The smallest absolute Gasteiger partial charge is 0.0487 e. The Balaban J connectivity index is 0. The molecule has 0 aromatic rings. The van der Waals surface area contributed by atoms with E-state index in [1.165, 1.54) is 19.3 Å². The van der Waals surface area contributed by atoms with Gasteiger partial charge in [0.15, 0.2) is 0 Å². The molecule has 0 heterocycles. The molecule has 0 aliphatic rings. The summed E-state index contributed by atoms with van der Waals surface area (Å²) in [6.45, 7) is 15.5. The van der Waals surface area contributed by atoms with E-state index in [1.54, 1.807) is 0 Å². The Morgan fingerprint density at radius 1 is 0.944 bits per heavy atom. The lowest BCUT2D eigenvalue weighted by molar-refractivity contribution is 0.0503. The molecule has 0 spiro atoms. The van der Waals surface area contributed by atoms with Gasteiger partial charge in [0.25, 0.3) is 0 Å². The quantitative estimate of drug-likeness (QED) is 0.749. The van der Waals surface area contributed by atoms with Gasteiger partial charge >= 0.3 is 0 Å². The van der Waals surface area contributed by atoms with Crippen molar-refractivity contribution in [2.45, 2.75) is 74.1 Å². The van der Waals surface area contributed by atoms with Crippen LogP contribution in [-0.4, -0.2) is 23.4 Å². The SMILES string of the molecule is CC(C)(C)C(C)(C)CO.CCCCC(CC)CO. The molecule has 0 rings (SSSR count). The van der Waals surface area contributed by atoms with E-state index in [0.29, 0.717) is 12.5 Å². The molecule has 2 nitrogen and oxygen atoms in total. The van der Waals surface area contributed by atoms with E-state index < -0.39 is 0 Å². The highest BCUT2D eigenvalue weighted by atomic mass is 16.3. The van der Waals surface area contributed by atoms with Crippen molar-refractivity contribution in [2.75, 3.05) is 13.2 Å². The third-order valence-electron chi connectivity index (χ3n) is 4.23. The van der Waals surface area contributed by atoms with Crippen molar-refractivity contribution in [1.29, 1.82) is 0 Å². The second-order valence-corrected chi connectivity index (χ2v) is 6.89. The Bertz CT molecular complexity index is 176. The lowest BCUT2D eigenvalue weighted by Crippen LogP contribution is -2.32. The predicted molar refractivity (Wildman–Crippen MR) is 80.7 cm³/mol. The largest absolute Gasteiger partial charge is 0.396 e. The Morgan fingerprint density at radius 3 is 1.61 bits per heavy atom. The van der Waals surface area contributed by atoms with E-state index in [-0.39, 0.29) is 17.4 Å². The minimum Gasteiger partial charge on any atom is -0.396 e. The number of hydrogen-bond acceptors (Lipinski definition) is 2. The van der Waals surface area contributed by atoms with Crippen molar-refractivity contribution >= 4 is 0 Å². The topological polar surface area (TPSA) is 40.5 Å². The van der Waals surface area contributed by atoms with Crippen molar-refractivity contribution in [1.82, 2.24) is 0 Å². The van der Waals surface area contributed by atoms with Crippen molar-refractivity contribution in [3.05, 3.63) is 0 Å². The molecule has 0 amide bonds. The average molecular weight is 260 g/mol. The number of aliphatic hydroxyl groups excluding tert-OH is 2. The highest BCUT2D eigenvalue weighted by molar-refractivity contribution is 4.81. The summed E-state index contributed by atoms with van der Waals surface area (Å²) in [7, 11) is 0. The van der Waals surface area contributed by atoms with E-state index in [0.717, 1.165) is 6.42 Å². The number of hydrogen-bond donors (Lipinski definition) is 2. The first kappa shape index (κ1) is 20.2. The maximum absolute atomic E-state index is 8.93. The molecule has 0 aliphatic carbocycles. The van der Waals surface area contributed by atoms with Crippen LogP contribution in [0, 0.1) is 16.7 Å². The molecule has 112 valence electrons. The maximum Gasteiger partial charge on any atom is 0.0487 e. The van der Waals surface area contributed by atoms with Gasteiger partial charge in [0.2, 0.25) is 0 Å². The summed E-state index contributed by atoms with van der Waals surface area (Å²) in [5.41, 5.74) is 0.231. The summed E-state index contributed by atoms with van der Waals surface area (Å²) >= 11 is 0. The fourth-order valence-electron chi connectivity index (χ4n) is 1.15. The Morgan fingerprint density at radius 2 is 1.44 bits per heavy atom. The van der Waals surface area contributed by atoms with E-state index in [2.05, 4.69) is 48.5 Å². The van der Waals surface area contributed by atoms with E-state index in [4.69, 9.17) is 10.2 Å². The minimum atomic E-state index is 0.0347. The molecule has 0 radical (unpaired) electrons. The molecule has 2 heteroatoms. The highest BCUT2D eigenvalue weighted by Crippen LogP contribution is 2.36. The Labute approximate surface area is 115 Å². The van der Waals surface area contributed by atoms with Gasteiger partial charge in [-0.1, -0.05) is 67.7 Å². The van der Waals surface area contributed by atoms with Crippen molar-refractivity contribution < 1.29 is 10.2 Å².